The zero-order chi connectivity index (χ0) is 14.9. The lowest BCUT2D eigenvalue weighted by Gasteiger charge is -2.10. The Morgan fingerprint density at radius 3 is 2.35 bits per heavy atom. The van der Waals surface area contributed by atoms with Crippen molar-refractivity contribution in [1.82, 2.24) is 0 Å². The fraction of sp³-hybridized carbons (Fsp3) is 0.0769. The second kappa shape index (κ2) is 5.38. The number of halogens is 3. The van der Waals surface area contributed by atoms with Gasteiger partial charge in [0.15, 0.2) is 0 Å². The van der Waals surface area contributed by atoms with Crippen LogP contribution in [0.1, 0.15) is 5.56 Å². The van der Waals surface area contributed by atoms with Crippen molar-refractivity contribution in [3.05, 3.63) is 58.6 Å². The maximum atomic E-state index is 13.5. The number of anilines is 1. The van der Waals surface area contributed by atoms with E-state index in [-0.39, 0.29) is 15.6 Å². The number of nitrogens with one attached hydrogen (secondary N) is 1. The molecule has 0 bridgehead atoms. The predicted molar refractivity (Wildman–Crippen MR) is 73.4 cm³/mol. The predicted octanol–water partition coefficient (Wildman–Crippen LogP) is 3.73. The van der Waals surface area contributed by atoms with Crippen molar-refractivity contribution in [2.75, 3.05) is 4.72 Å². The summed E-state index contributed by atoms with van der Waals surface area (Å²) in [4.78, 5) is -0.246. The van der Waals surface area contributed by atoms with Gasteiger partial charge in [-0.1, -0.05) is 17.7 Å². The van der Waals surface area contributed by atoms with E-state index in [1.807, 2.05) is 0 Å². The van der Waals surface area contributed by atoms with Crippen LogP contribution in [-0.4, -0.2) is 8.42 Å². The molecule has 0 radical (unpaired) electrons. The van der Waals surface area contributed by atoms with E-state index in [0.717, 1.165) is 24.3 Å². The van der Waals surface area contributed by atoms with Crippen LogP contribution in [0.2, 0.25) is 5.02 Å². The van der Waals surface area contributed by atoms with Crippen molar-refractivity contribution in [3.8, 4) is 0 Å². The summed E-state index contributed by atoms with van der Waals surface area (Å²) in [6, 6.07) is 6.98. The average Bonchev–Trinajstić information content (AvgIpc) is 2.36. The number of benzene rings is 2. The largest absolute Gasteiger partial charge is 0.277 e. The van der Waals surface area contributed by atoms with Gasteiger partial charge in [-0.3, -0.25) is 4.72 Å². The molecular formula is C13H10ClF2NO2S. The molecule has 20 heavy (non-hydrogen) atoms. The smallest absolute Gasteiger partial charge is 0.262 e. The van der Waals surface area contributed by atoms with Crippen LogP contribution in [0.4, 0.5) is 14.5 Å². The first-order valence-corrected chi connectivity index (χ1v) is 7.40. The molecule has 7 heteroatoms. The van der Waals surface area contributed by atoms with E-state index < -0.39 is 21.7 Å². The average molecular weight is 318 g/mol. The molecule has 0 saturated heterocycles. The molecule has 2 aromatic carbocycles. The third-order valence-electron chi connectivity index (χ3n) is 2.57. The maximum Gasteiger partial charge on any atom is 0.262 e. The first-order valence-electron chi connectivity index (χ1n) is 5.53. The van der Waals surface area contributed by atoms with E-state index in [9.17, 15) is 17.2 Å². The fourth-order valence-corrected chi connectivity index (χ4v) is 2.89. The molecule has 0 saturated carbocycles. The Morgan fingerprint density at radius 1 is 1.05 bits per heavy atom. The molecule has 106 valence electrons. The summed E-state index contributed by atoms with van der Waals surface area (Å²) in [7, 11) is -4.03. The lowest BCUT2D eigenvalue weighted by atomic mass is 10.2. The highest BCUT2D eigenvalue weighted by Gasteiger charge is 2.17. The molecule has 0 spiro atoms. The minimum Gasteiger partial charge on any atom is -0.277 e. The Labute approximate surface area is 120 Å². The van der Waals surface area contributed by atoms with Gasteiger partial charge in [0.25, 0.3) is 10.0 Å². The van der Waals surface area contributed by atoms with Crippen molar-refractivity contribution in [2.45, 2.75) is 11.8 Å². The molecule has 0 aromatic heterocycles. The summed E-state index contributed by atoms with van der Waals surface area (Å²) in [5.74, 6) is -1.43. The van der Waals surface area contributed by atoms with Gasteiger partial charge < -0.3 is 0 Å². The number of hydrogen-bond donors (Lipinski definition) is 1. The van der Waals surface area contributed by atoms with Crippen LogP contribution in [0, 0.1) is 18.6 Å². The topological polar surface area (TPSA) is 46.2 Å². The van der Waals surface area contributed by atoms with Crippen molar-refractivity contribution in [3.63, 3.8) is 0 Å². The van der Waals surface area contributed by atoms with Crippen LogP contribution in [0.25, 0.3) is 0 Å². The zero-order valence-corrected chi connectivity index (χ0v) is 11.9. The lowest BCUT2D eigenvalue weighted by Crippen LogP contribution is -2.14. The van der Waals surface area contributed by atoms with Crippen molar-refractivity contribution in [1.29, 1.82) is 0 Å². The molecule has 0 aliphatic carbocycles. The highest BCUT2D eigenvalue weighted by molar-refractivity contribution is 7.92. The van der Waals surface area contributed by atoms with Crippen LogP contribution in [-0.2, 0) is 10.0 Å². The van der Waals surface area contributed by atoms with Gasteiger partial charge in [0.05, 0.1) is 15.6 Å². The van der Waals surface area contributed by atoms with Crippen LogP contribution < -0.4 is 4.72 Å². The van der Waals surface area contributed by atoms with Gasteiger partial charge in [0.2, 0.25) is 0 Å². The molecule has 2 rings (SSSR count). The molecule has 0 unspecified atom stereocenters. The van der Waals surface area contributed by atoms with Crippen LogP contribution in [0.15, 0.2) is 41.3 Å². The van der Waals surface area contributed by atoms with E-state index in [2.05, 4.69) is 4.72 Å². The van der Waals surface area contributed by atoms with Gasteiger partial charge in [-0.05, 0) is 42.8 Å². The van der Waals surface area contributed by atoms with Gasteiger partial charge in [-0.25, -0.2) is 17.2 Å². The van der Waals surface area contributed by atoms with Crippen molar-refractivity contribution in [2.24, 2.45) is 0 Å². The first kappa shape index (κ1) is 14.7. The molecule has 0 heterocycles. The summed E-state index contributed by atoms with van der Waals surface area (Å²) < 4.78 is 52.8. The fourth-order valence-electron chi connectivity index (χ4n) is 1.57. The second-order valence-corrected chi connectivity index (χ2v) is 6.25. The van der Waals surface area contributed by atoms with Crippen molar-refractivity contribution < 1.29 is 17.2 Å². The van der Waals surface area contributed by atoms with Gasteiger partial charge >= 0.3 is 0 Å². The molecule has 2 aromatic rings. The molecule has 0 fully saturated rings. The zero-order valence-electron chi connectivity index (χ0n) is 10.3. The third-order valence-corrected chi connectivity index (χ3v) is 4.22. The van der Waals surface area contributed by atoms with Crippen LogP contribution in [0.5, 0.6) is 0 Å². The molecule has 3 nitrogen and oxygen atoms in total. The lowest BCUT2D eigenvalue weighted by molar-refractivity contribution is 0.597. The number of hydrogen-bond acceptors (Lipinski definition) is 2. The summed E-state index contributed by atoms with van der Waals surface area (Å²) in [6.07, 6.45) is 0. The van der Waals surface area contributed by atoms with Gasteiger partial charge in [0, 0.05) is 0 Å². The number of rotatable bonds is 3. The van der Waals surface area contributed by atoms with E-state index in [0.29, 0.717) is 5.56 Å². The number of aryl methyl sites for hydroxylation is 1. The Bertz CT molecular complexity index is 763. The Kier molecular flexibility index (Phi) is 3.96. The summed E-state index contributed by atoms with van der Waals surface area (Å²) in [6.45, 7) is 1.70. The molecular weight excluding hydrogens is 308 g/mol. The highest BCUT2D eigenvalue weighted by Crippen LogP contribution is 2.23. The molecule has 0 aliphatic heterocycles. The summed E-state index contributed by atoms with van der Waals surface area (Å²) in [5, 5.41) is -0.322. The van der Waals surface area contributed by atoms with E-state index in [1.165, 1.54) is 12.1 Å². The summed E-state index contributed by atoms with van der Waals surface area (Å²) in [5.41, 5.74) is 0.520. The van der Waals surface area contributed by atoms with E-state index in [4.69, 9.17) is 11.6 Å². The van der Waals surface area contributed by atoms with Gasteiger partial charge in [0.1, 0.15) is 11.6 Å². The molecule has 0 aliphatic rings. The second-order valence-electron chi connectivity index (χ2n) is 4.16. The highest BCUT2D eigenvalue weighted by atomic mass is 35.5. The van der Waals surface area contributed by atoms with Gasteiger partial charge in [-0.2, -0.15) is 0 Å². The van der Waals surface area contributed by atoms with Crippen molar-refractivity contribution >= 4 is 27.3 Å². The quantitative estimate of drug-likeness (QED) is 0.937. The maximum absolute atomic E-state index is 13.5. The minimum atomic E-state index is -4.03. The van der Waals surface area contributed by atoms with Crippen LogP contribution >= 0.6 is 11.6 Å². The molecule has 0 amide bonds. The Morgan fingerprint density at radius 2 is 1.70 bits per heavy atom. The van der Waals surface area contributed by atoms with Crippen LogP contribution in [0.3, 0.4) is 0 Å². The molecule has 1 N–H and O–H groups in total. The monoisotopic (exact) mass is 317 g/mol. The Balaban J connectivity index is 2.40. The van der Waals surface area contributed by atoms with E-state index in [1.54, 1.807) is 6.92 Å². The third kappa shape index (κ3) is 3.08. The normalized spacial score (nSPS) is 11.4. The van der Waals surface area contributed by atoms with Gasteiger partial charge in [-0.15, -0.1) is 0 Å². The number of sulfonamides is 1. The summed E-state index contributed by atoms with van der Waals surface area (Å²) >= 11 is 5.54. The first-order chi connectivity index (χ1) is 9.29. The molecule has 0 atom stereocenters. The standard InChI is InChI=1S/C13H10ClF2NO2S/c1-8-2-4-12(16)13(6-8)17-20(18,19)9-3-5-11(15)10(14)7-9/h2-7,17H,1H3. The SMILES string of the molecule is Cc1ccc(F)c(NS(=O)(=O)c2ccc(F)c(Cl)c2)c1. The Hall–Kier alpha value is -1.66. The van der Waals surface area contributed by atoms with E-state index >= 15 is 0 Å². The minimum absolute atomic E-state index is 0.176.